The summed E-state index contributed by atoms with van der Waals surface area (Å²) in [5.74, 6) is -0.583. The minimum Gasteiger partial charge on any atom is -0.481 e. The summed E-state index contributed by atoms with van der Waals surface area (Å²) in [6, 6.07) is 9.89. The van der Waals surface area contributed by atoms with Crippen molar-refractivity contribution >= 4 is 28.9 Å². The number of amides is 1. The molecule has 3 rings (SSSR count). The number of rotatable bonds is 4. The number of hydrogen-bond acceptors (Lipinski definition) is 3. The van der Waals surface area contributed by atoms with Crippen molar-refractivity contribution in [2.45, 2.75) is 33.1 Å². The van der Waals surface area contributed by atoms with Gasteiger partial charge in [0.25, 0.3) is 5.91 Å². The summed E-state index contributed by atoms with van der Waals surface area (Å²) in [5, 5.41) is 8.95. The molecule has 24 heavy (non-hydrogen) atoms. The maximum absolute atomic E-state index is 13.1. The standard InChI is InChI=1S/C19H21NO3S/c1-12-9-16(13(2)24-12)19(23)20-11-14(7-8-18(21)22)10-15-5-3-4-6-17(15)20/h3-6,9,14H,7-8,10-11H2,1-2H3,(H,21,22). The Morgan fingerprint density at radius 3 is 2.71 bits per heavy atom. The summed E-state index contributed by atoms with van der Waals surface area (Å²) in [5.41, 5.74) is 2.83. The van der Waals surface area contributed by atoms with Crippen molar-refractivity contribution in [3.8, 4) is 0 Å². The first-order valence-corrected chi connectivity index (χ1v) is 8.96. The fourth-order valence-electron chi connectivity index (χ4n) is 3.38. The van der Waals surface area contributed by atoms with Crippen LogP contribution in [0, 0.1) is 19.8 Å². The van der Waals surface area contributed by atoms with Crippen molar-refractivity contribution in [2.24, 2.45) is 5.92 Å². The molecule has 1 N–H and O–H groups in total. The Morgan fingerprint density at radius 1 is 1.29 bits per heavy atom. The molecule has 1 unspecified atom stereocenters. The number of aliphatic carboxylic acids is 1. The van der Waals surface area contributed by atoms with Crippen molar-refractivity contribution in [3.05, 3.63) is 51.2 Å². The highest BCUT2D eigenvalue weighted by Crippen LogP contribution is 2.33. The fourth-order valence-corrected chi connectivity index (χ4v) is 4.30. The van der Waals surface area contributed by atoms with Gasteiger partial charge in [0, 0.05) is 28.4 Å². The van der Waals surface area contributed by atoms with E-state index in [4.69, 9.17) is 5.11 Å². The van der Waals surface area contributed by atoms with E-state index in [1.54, 1.807) is 11.3 Å². The summed E-state index contributed by atoms with van der Waals surface area (Å²) in [6.07, 6.45) is 1.56. The highest BCUT2D eigenvalue weighted by atomic mass is 32.1. The van der Waals surface area contributed by atoms with Gasteiger partial charge < -0.3 is 10.0 Å². The van der Waals surface area contributed by atoms with Crippen LogP contribution in [0.4, 0.5) is 5.69 Å². The Bertz CT molecular complexity index is 781. The molecule has 4 nitrogen and oxygen atoms in total. The second kappa shape index (κ2) is 6.77. The Balaban J connectivity index is 1.91. The van der Waals surface area contributed by atoms with E-state index in [1.807, 2.05) is 49.1 Å². The van der Waals surface area contributed by atoms with Gasteiger partial charge >= 0.3 is 5.97 Å². The maximum Gasteiger partial charge on any atom is 0.303 e. The zero-order chi connectivity index (χ0) is 17.3. The Labute approximate surface area is 145 Å². The topological polar surface area (TPSA) is 57.6 Å². The number of carbonyl (C=O) groups excluding carboxylic acids is 1. The van der Waals surface area contributed by atoms with Crippen LogP contribution in [-0.2, 0) is 11.2 Å². The van der Waals surface area contributed by atoms with Crippen LogP contribution in [-0.4, -0.2) is 23.5 Å². The van der Waals surface area contributed by atoms with Gasteiger partial charge in [0.15, 0.2) is 0 Å². The summed E-state index contributed by atoms with van der Waals surface area (Å²) < 4.78 is 0. The normalized spacial score (nSPS) is 16.8. The number of aryl methyl sites for hydroxylation is 2. The molecule has 0 spiro atoms. The van der Waals surface area contributed by atoms with Gasteiger partial charge in [0.05, 0.1) is 5.56 Å². The van der Waals surface area contributed by atoms with Crippen LogP contribution in [0.2, 0.25) is 0 Å². The number of para-hydroxylation sites is 1. The third-order valence-corrected chi connectivity index (χ3v) is 5.48. The van der Waals surface area contributed by atoms with Crippen LogP contribution in [0.1, 0.15) is 38.5 Å². The number of carbonyl (C=O) groups is 2. The van der Waals surface area contributed by atoms with E-state index < -0.39 is 5.97 Å². The second-order valence-corrected chi connectivity index (χ2v) is 7.83. The molecule has 0 saturated heterocycles. The molecule has 1 aliphatic heterocycles. The molecule has 0 bridgehead atoms. The summed E-state index contributed by atoms with van der Waals surface area (Å²) >= 11 is 1.63. The Morgan fingerprint density at radius 2 is 2.04 bits per heavy atom. The number of thiophene rings is 1. The molecular weight excluding hydrogens is 322 g/mol. The number of carboxylic acids is 1. The molecule has 1 aliphatic rings. The van der Waals surface area contributed by atoms with Crippen molar-refractivity contribution < 1.29 is 14.7 Å². The van der Waals surface area contributed by atoms with Crippen molar-refractivity contribution in [1.82, 2.24) is 0 Å². The molecule has 2 aromatic rings. The van der Waals surface area contributed by atoms with Crippen LogP contribution in [0.5, 0.6) is 0 Å². The van der Waals surface area contributed by atoms with E-state index in [1.165, 1.54) is 0 Å². The first-order chi connectivity index (χ1) is 11.5. The van der Waals surface area contributed by atoms with E-state index in [2.05, 4.69) is 0 Å². The maximum atomic E-state index is 13.1. The molecule has 1 aromatic heterocycles. The Kier molecular flexibility index (Phi) is 4.71. The van der Waals surface area contributed by atoms with Gasteiger partial charge in [-0.15, -0.1) is 11.3 Å². The zero-order valence-corrected chi connectivity index (χ0v) is 14.7. The number of carboxylic acid groups (broad SMARTS) is 1. The number of hydrogen-bond donors (Lipinski definition) is 1. The molecule has 2 heterocycles. The quantitative estimate of drug-likeness (QED) is 0.911. The van der Waals surface area contributed by atoms with E-state index in [9.17, 15) is 9.59 Å². The molecular formula is C19H21NO3S. The van der Waals surface area contributed by atoms with Crippen LogP contribution < -0.4 is 4.90 Å². The van der Waals surface area contributed by atoms with E-state index in [-0.39, 0.29) is 18.2 Å². The van der Waals surface area contributed by atoms with Gasteiger partial charge in [-0.2, -0.15) is 0 Å². The SMILES string of the molecule is Cc1cc(C(=O)N2CC(CCC(=O)O)Cc3ccccc32)c(C)s1. The average molecular weight is 343 g/mol. The molecule has 0 aliphatic carbocycles. The van der Waals surface area contributed by atoms with E-state index in [0.717, 1.165) is 33.0 Å². The lowest BCUT2D eigenvalue weighted by molar-refractivity contribution is -0.137. The predicted molar refractivity (Wildman–Crippen MR) is 96.0 cm³/mol. The van der Waals surface area contributed by atoms with Crippen LogP contribution in [0.3, 0.4) is 0 Å². The van der Waals surface area contributed by atoms with Crippen LogP contribution in [0.25, 0.3) is 0 Å². The largest absolute Gasteiger partial charge is 0.481 e. The lowest BCUT2D eigenvalue weighted by Crippen LogP contribution is -2.40. The molecule has 0 saturated carbocycles. The Hall–Kier alpha value is -2.14. The molecule has 126 valence electrons. The lowest BCUT2D eigenvalue weighted by Gasteiger charge is -2.34. The molecule has 1 amide bonds. The molecule has 0 fully saturated rings. The monoisotopic (exact) mass is 343 g/mol. The highest BCUT2D eigenvalue weighted by Gasteiger charge is 2.30. The number of fused-ring (bicyclic) bond motifs is 1. The lowest BCUT2D eigenvalue weighted by atomic mass is 9.89. The molecule has 1 aromatic carbocycles. The van der Waals surface area contributed by atoms with Crippen LogP contribution in [0.15, 0.2) is 30.3 Å². The smallest absolute Gasteiger partial charge is 0.303 e. The van der Waals surface area contributed by atoms with E-state index in [0.29, 0.717) is 13.0 Å². The fraction of sp³-hybridized carbons (Fsp3) is 0.368. The summed E-state index contributed by atoms with van der Waals surface area (Å²) in [4.78, 5) is 28.0. The van der Waals surface area contributed by atoms with Gasteiger partial charge in [-0.1, -0.05) is 18.2 Å². The average Bonchev–Trinajstić information content (AvgIpc) is 2.90. The van der Waals surface area contributed by atoms with Crippen molar-refractivity contribution in [2.75, 3.05) is 11.4 Å². The number of nitrogens with zero attached hydrogens (tertiary/aromatic N) is 1. The van der Waals surface area contributed by atoms with Gasteiger partial charge in [-0.05, 0) is 50.3 Å². The third kappa shape index (κ3) is 3.36. The van der Waals surface area contributed by atoms with Crippen molar-refractivity contribution in [1.29, 1.82) is 0 Å². The number of benzene rings is 1. The van der Waals surface area contributed by atoms with Crippen LogP contribution >= 0.6 is 11.3 Å². The van der Waals surface area contributed by atoms with Gasteiger partial charge in [0.1, 0.15) is 0 Å². The third-order valence-electron chi connectivity index (χ3n) is 4.51. The van der Waals surface area contributed by atoms with E-state index >= 15 is 0 Å². The molecule has 5 heteroatoms. The minimum absolute atomic E-state index is 0.0179. The van der Waals surface area contributed by atoms with Gasteiger partial charge in [-0.25, -0.2) is 0 Å². The summed E-state index contributed by atoms with van der Waals surface area (Å²) in [7, 11) is 0. The number of anilines is 1. The van der Waals surface area contributed by atoms with Gasteiger partial charge in [0.2, 0.25) is 0 Å². The molecule has 1 atom stereocenters. The second-order valence-electron chi connectivity index (χ2n) is 6.37. The molecule has 0 radical (unpaired) electrons. The zero-order valence-electron chi connectivity index (χ0n) is 13.9. The first kappa shape index (κ1) is 16.7. The predicted octanol–water partition coefficient (Wildman–Crippen LogP) is 4.05. The highest BCUT2D eigenvalue weighted by molar-refractivity contribution is 7.12. The summed E-state index contributed by atoms with van der Waals surface area (Å²) in [6.45, 7) is 4.56. The minimum atomic E-state index is -0.781. The van der Waals surface area contributed by atoms with Gasteiger partial charge in [-0.3, -0.25) is 9.59 Å². The first-order valence-electron chi connectivity index (χ1n) is 8.14. The van der Waals surface area contributed by atoms with Crippen molar-refractivity contribution in [3.63, 3.8) is 0 Å².